The summed E-state index contributed by atoms with van der Waals surface area (Å²) >= 11 is 0. The molecule has 2 rings (SSSR count). The minimum atomic E-state index is 0.241. The van der Waals surface area contributed by atoms with Gasteiger partial charge in [-0.2, -0.15) is 0 Å². The van der Waals surface area contributed by atoms with Crippen molar-refractivity contribution in [3.63, 3.8) is 0 Å². The Balaban J connectivity index is 2.03. The number of nitrogens with one attached hydrogen (secondary N) is 1. The van der Waals surface area contributed by atoms with E-state index >= 15 is 0 Å². The van der Waals surface area contributed by atoms with Crippen LogP contribution in [0.3, 0.4) is 0 Å². The molecule has 0 saturated heterocycles. The minimum Gasteiger partial charge on any atom is -0.396 e. The molecule has 3 unspecified atom stereocenters. The van der Waals surface area contributed by atoms with Gasteiger partial charge in [0.2, 0.25) is 0 Å². The first-order chi connectivity index (χ1) is 8.61. The first-order valence-corrected chi connectivity index (χ1v) is 7.10. The maximum Gasteiger partial charge on any atom is 0.0471 e. The number of rotatable bonds is 5. The van der Waals surface area contributed by atoms with Crippen LogP contribution in [0.1, 0.15) is 49.9 Å². The van der Waals surface area contributed by atoms with Gasteiger partial charge >= 0.3 is 0 Å². The Morgan fingerprint density at radius 2 is 1.89 bits per heavy atom. The molecule has 0 spiro atoms. The molecule has 0 aliphatic heterocycles. The molecule has 0 amide bonds. The molecule has 2 nitrogen and oxygen atoms in total. The molecule has 3 atom stereocenters. The fourth-order valence-corrected chi connectivity index (χ4v) is 2.67. The van der Waals surface area contributed by atoms with Gasteiger partial charge in [-0.05, 0) is 55.7 Å². The highest BCUT2D eigenvalue weighted by atomic mass is 16.3. The highest BCUT2D eigenvalue weighted by Crippen LogP contribution is 2.25. The fraction of sp³-hybridized carbons (Fsp3) is 0.625. The lowest BCUT2D eigenvalue weighted by molar-refractivity contribution is 0.202. The van der Waals surface area contributed by atoms with Gasteiger partial charge in [-0.15, -0.1) is 0 Å². The Morgan fingerprint density at radius 1 is 1.17 bits per heavy atom. The molecular formula is C16H25NO. The van der Waals surface area contributed by atoms with Gasteiger partial charge in [0.25, 0.3) is 0 Å². The Hall–Kier alpha value is -0.860. The smallest absolute Gasteiger partial charge is 0.0471 e. The number of hydrogen-bond donors (Lipinski definition) is 2. The van der Waals surface area contributed by atoms with E-state index < -0.39 is 0 Å². The molecule has 1 aliphatic carbocycles. The van der Waals surface area contributed by atoms with Crippen molar-refractivity contribution < 1.29 is 5.11 Å². The van der Waals surface area contributed by atoms with Crippen molar-refractivity contribution in [3.8, 4) is 0 Å². The van der Waals surface area contributed by atoms with Crippen LogP contribution in [0.15, 0.2) is 18.2 Å². The van der Waals surface area contributed by atoms with Crippen molar-refractivity contribution in [3.05, 3.63) is 34.9 Å². The zero-order valence-electron chi connectivity index (χ0n) is 11.7. The van der Waals surface area contributed by atoms with Gasteiger partial charge in [0.15, 0.2) is 0 Å². The molecule has 2 heteroatoms. The third-order valence-electron chi connectivity index (χ3n) is 4.28. The number of aliphatic hydroxyl groups excluding tert-OH is 1. The highest BCUT2D eigenvalue weighted by Gasteiger charge is 2.17. The van der Waals surface area contributed by atoms with Gasteiger partial charge in [-0.3, -0.25) is 0 Å². The third-order valence-corrected chi connectivity index (χ3v) is 4.28. The van der Waals surface area contributed by atoms with Crippen LogP contribution in [-0.4, -0.2) is 17.8 Å². The van der Waals surface area contributed by atoms with E-state index in [1.807, 2.05) is 0 Å². The fourth-order valence-electron chi connectivity index (χ4n) is 2.67. The minimum absolute atomic E-state index is 0.241. The van der Waals surface area contributed by atoms with E-state index in [1.54, 1.807) is 0 Å². The number of benzene rings is 1. The average Bonchev–Trinajstić information content (AvgIpc) is 2.84. The van der Waals surface area contributed by atoms with E-state index in [9.17, 15) is 5.11 Å². The Bertz CT molecular complexity index is 402. The van der Waals surface area contributed by atoms with E-state index in [0.29, 0.717) is 18.0 Å². The topological polar surface area (TPSA) is 32.3 Å². The quantitative estimate of drug-likeness (QED) is 0.838. The van der Waals surface area contributed by atoms with Crippen LogP contribution < -0.4 is 5.32 Å². The molecule has 18 heavy (non-hydrogen) atoms. The molecule has 0 radical (unpaired) electrons. The predicted molar refractivity (Wildman–Crippen MR) is 75.7 cm³/mol. The number of fused-ring (bicyclic) bond motifs is 1. The summed E-state index contributed by atoms with van der Waals surface area (Å²) in [6.45, 7) is 6.67. The van der Waals surface area contributed by atoms with Crippen molar-refractivity contribution in [2.45, 2.75) is 52.1 Å². The first-order valence-electron chi connectivity index (χ1n) is 7.10. The second-order valence-electron chi connectivity index (χ2n) is 5.72. The monoisotopic (exact) mass is 247 g/mol. The molecule has 0 aromatic heterocycles. The third kappa shape index (κ3) is 2.93. The Kier molecular flexibility index (Phi) is 4.41. The SMILES string of the molecule is CC(NC(C)C(C)CO)c1ccc2c(c1)CCC2. The van der Waals surface area contributed by atoms with Gasteiger partial charge < -0.3 is 10.4 Å². The van der Waals surface area contributed by atoms with Crippen LogP contribution in [0.25, 0.3) is 0 Å². The molecule has 1 aliphatic rings. The summed E-state index contributed by atoms with van der Waals surface area (Å²) in [5.41, 5.74) is 4.43. The van der Waals surface area contributed by atoms with E-state index in [4.69, 9.17) is 0 Å². The lowest BCUT2D eigenvalue weighted by Crippen LogP contribution is -2.35. The van der Waals surface area contributed by atoms with Crippen LogP contribution in [0.5, 0.6) is 0 Å². The summed E-state index contributed by atoms with van der Waals surface area (Å²) in [5.74, 6) is 0.293. The summed E-state index contributed by atoms with van der Waals surface area (Å²) in [7, 11) is 0. The van der Waals surface area contributed by atoms with Gasteiger partial charge in [0.1, 0.15) is 0 Å². The van der Waals surface area contributed by atoms with Crippen molar-refractivity contribution in [1.82, 2.24) is 5.32 Å². The second-order valence-corrected chi connectivity index (χ2v) is 5.72. The molecule has 0 fully saturated rings. The Morgan fingerprint density at radius 3 is 2.61 bits per heavy atom. The average molecular weight is 247 g/mol. The summed E-state index contributed by atoms with van der Waals surface area (Å²) in [5, 5.41) is 12.8. The molecule has 0 heterocycles. The normalized spacial score (nSPS) is 19.3. The Labute approximate surface area is 110 Å². The summed E-state index contributed by atoms with van der Waals surface area (Å²) in [6, 6.07) is 7.57. The van der Waals surface area contributed by atoms with Crippen molar-refractivity contribution in [2.75, 3.05) is 6.61 Å². The number of hydrogen-bond acceptors (Lipinski definition) is 2. The lowest BCUT2D eigenvalue weighted by Gasteiger charge is -2.24. The van der Waals surface area contributed by atoms with Crippen LogP contribution >= 0.6 is 0 Å². The molecule has 1 aromatic carbocycles. The zero-order valence-corrected chi connectivity index (χ0v) is 11.7. The second kappa shape index (κ2) is 5.85. The lowest BCUT2D eigenvalue weighted by atomic mass is 9.99. The van der Waals surface area contributed by atoms with E-state index in [1.165, 1.54) is 36.0 Å². The predicted octanol–water partition coefficient (Wildman–Crippen LogP) is 2.84. The number of aliphatic hydroxyl groups is 1. The molecule has 2 N–H and O–H groups in total. The largest absolute Gasteiger partial charge is 0.396 e. The molecule has 100 valence electrons. The number of aryl methyl sites for hydroxylation is 2. The zero-order chi connectivity index (χ0) is 13.1. The maximum atomic E-state index is 9.18. The van der Waals surface area contributed by atoms with Crippen LogP contribution in [0.4, 0.5) is 0 Å². The first kappa shape index (κ1) is 13.6. The highest BCUT2D eigenvalue weighted by molar-refractivity contribution is 5.36. The molecule has 0 bridgehead atoms. The van der Waals surface area contributed by atoms with Crippen LogP contribution in [0.2, 0.25) is 0 Å². The summed E-state index contributed by atoms with van der Waals surface area (Å²) < 4.78 is 0. The summed E-state index contributed by atoms with van der Waals surface area (Å²) in [6.07, 6.45) is 3.78. The maximum absolute atomic E-state index is 9.18. The van der Waals surface area contributed by atoms with E-state index in [0.717, 1.165) is 0 Å². The van der Waals surface area contributed by atoms with Gasteiger partial charge in [0.05, 0.1) is 0 Å². The van der Waals surface area contributed by atoms with Gasteiger partial charge in [-0.1, -0.05) is 25.1 Å². The van der Waals surface area contributed by atoms with Crippen LogP contribution in [0, 0.1) is 5.92 Å². The molecule has 1 aromatic rings. The van der Waals surface area contributed by atoms with Crippen molar-refractivity contribution in [1.29, 1.82) is 0 Å². The van der Waals surface area contributed by atoms with E-state index in [2.05, 4.69) is 44.3 Å². The standard InChI is InChI=1S/C16H25NO/c1-11(10-18)12(2)17-13(3)15-8-7-14-5-4-6-16(14)9-15/h7-9,11-13,17-18H,4-6,10H2,1-3H3. The summed E-state index contributed by atoms with van der Waals surface area (Å²) in [4.78, 5) is 0. The van der Waals surface area contributed by atoms with Gasteiger partial charge in [-0.25, -0.2) is 0 Å². The van der Waals surface area contributed by atoms with Gasteiger partial charge in [0, 0.05) is 18.7 Å². The van der Waals surface area contributed by atoms with Crippen LogP contribution in [-0.2, 0) is 12.8 Å². The van der Waals surface area contributed by atoms with E-state index in [-0.39, 0.29) is 6.61 Å². The van der Waals surface area contributed by atoms with Crippen molar-refractivity contribution >= 4 is 0 Å². The molecule has 0 saturated carbocycles. The molecular weight excluding hydrogens is 222 g/mol. The van der Waals surface area contributed by atoms with Crippen molar-refractivity contribution in [2.24, 2.45) is 5.92 Å².